The highest BCUT2D eigenvalue weighted by Crippen LogP contribution is 2.35. The van der Waals surface area contributed by atoms with E-state index in [1.807, 2.05) is 24.3 Å². The maximum absolute atomic E-state index is 9.92. The van der Waals surface area contributed by atoms with E-state index in [4.69, 9.17) is 4.74 Å². The van der Waals surface area contributed by atoms with Crippen molar-refractivity contribution in [2.75, 3.05) is 7.11 Å². The Bertz CT molecular complexity index is 301. The minimum Gasteiger partial charge on any atom is -0.497 e. The molecule has 0 aliphatic heterocycles. The van der Waals surface area contributed by atoms with E-state index in [2.05, 4.69) is 0 Å². The van der Waals surface area contributed by atoms with Gasteiger partial charge in [-0.25, -0.2) is 0 Å². The Hall–Kier alpha value is -1.02. The Labute approximate surface area is 90.9 Å². The molecule has 1 aromatic carbocycles. The van der Waals surface area contributed by atoms with Crippen LogP contribution >= 0.6 is 0 Å². The third-order valence-corrected chi connectivity index (χ3v) is 3.05. The Morgan fingerprint density at radius 1 is 1.33 bits per heavy atom. The summed E-state index contributed by atoms with van der Waals surface area (Å²) < 4.78 is 5.08. The molecule has 1 saturated carbocycles. The average molecular weight is 206 g/mol. The normalized spacial score (nSPS) is 17.5. The molecule has 0 saturated heterocycles. The Morgan fingerprint density at radius 3 is 2.53 bits per heavy atom. The van der Waals surface area contributed by atoms with Crippen molar-refractivity contribution in [2.45, 2.75) is 31.8 Å². The number of ether oxygens (including phenoxy) is 1. The van der Waals surface area contributed by atoms with Crippen LogP contribution in [0.4, 0.5) is 0 Å². The summed E-state index contributed by atoms with van der Waals surface area (Å²) in [7, 11) is 1.65. The van der Waals surface area contributed by atoms with Crippen molar-refractivity contribution in [3.05, 3.63) is 29.8 Å². The molecule has 0 radical (unpaired) electrons. The lowest BCUT2D eigenvalue weighted by molar-refractivity contribution is 0.162. The molecular weight excluding hydrogens is 188 g/mol. The maximum atomic E-state index is 9.92. The molecule has 1 atom stereocenters. The van der Waals surface area contributed by atoms with Crippen LogP contribution in [0.1, 0.15) is 37.4 Å². The second-order valence-corrected chi connectivity index (χ2v) is 4.31. The first-order valence-electron chi connectivity index (χ1n) is 5.61. The number of aliphatic hydroxyl groups is 1. The lowest BCUT2D eigenvalue weighted by Crippen LogP contribution is -1.97. The van der Waals surface area contributed by atoms with Crippen LogP contribution in [-0.2, 0) is 0 Å². The number of aliphatic hydroxyl groups excluding tert-OH is 1. The molecule has 1 unspecified atom stereocenters. The minimum absolute atomic E-state index is 0.309. The number of hydrogen-bond donors (Lipinski definition) is 1. The van der Waals surface area contributed by atoms with E-state index in [0.717, 1.165) is 30.1 Å². The number of methoxy groups -OCH3 is 1. The summed E-state index contributed by atoms with van der Waals surface area (Å²) in [5, 5.41) is 9.92. The summed E-state index contributed by atoms with van der Waals surface area (Å²) in [4.78, 5) is 0. The van der Waals surface area contributed by atoms with E-state index in [0.29, 0.717) is 0 Å². The van der Waals surface area contributed by atoms with E-state index in [9.17, 15) is 5.11 Å². The molecule has 2 heteroatoms. The standard InChI is InChI=1S/C13H18O2/c1-15-12-7-5-11(6-8-12)13(14)9-4-10-2-3-10/h5-8,10,13-14H,2-4,9H2,1H3. The van der Waals surface area contributed by atoms with Gasteiger partial charge >= 0.3 is 0 Å². The van der Waals surface area contributed by atoms with Gasteiger partial charge < -0.3 is 9.84 Å². The minimum atomic E-state index is -0.309. The van der Waals surface area contributed by atoms with Gasteiger partial charge in [0.15, 0.2) is 0 Å². The van der Waals surface area contributed by atoms with Gasteiger partial charge in [0.05, 0.1) is 13.2 Å². The summed E-state index contributed by atoms with van der Waals surface area (Å²) in [6.45, 7) is 0. The van der Waals surface area contributed by atoms with Gasteiger partial charge in [0.1, 0.15) is 5.75 Å². The largest absolute Gasteiger partial charge is 0.497 e. The van der Waals surface area contributed by atoms with Gasteiger partial charge in [-0.15, -0.1) is 0 Å². The van der Waals surface area contributed by atoms with Gasteiger partial charge in [-0.1, -0.05) is 25.0 Å². The average Bonchev–Trinajstić information content (AvgIpc) is 3.10. The zero-order valence-corrected chi connectivity index (χ0v) is 9.15. The molecule has 82 valence electrons. The van der Waals surface area contributed by atoms with Gasteiger partial charge in [0.25, 0.3) is 0 Å². The summed E-state index contributed by atoms with van der Waals surface area (Å²) in [6, 6.07) is 7.68. The monoisotopic (exact) mass is 206 g/mol. The van der Waals surface area contributed by atoms with E-state index >= 15 is 0 Å². The van der Waals surface area contributed by atoms with E-state index in [-0.39, 0.29) is 6.10 Å². The summed E-state index contributed by atoms with van der Waals surface area (Å²) in [6.07, 6.45) is 4.45. The molecule has 2 rings (SSSR count). The molecular formula is C13H18O2. The Kier molecular flexibility index (Phi) is 3.27. The molecule has 1 N–H and O–H groups in total. The number of hydrogen-bond acceptors (Lipinski definition) is 2. The van der Waals surface area contributed by atoms with Crippen LogP contribution < -0.4 is 4.74 Å². The predicted octanol–water partition coefficient (Wildman–Crippen LogP) is 2.92. The van der Waals surface area contributed by atoms with E-state index in [1.54, 1.807) is 7.11 Å². The van der Waals surface area contributed by atoms with Gasteiger partial charge in [-0.2, -0.15) is 0 Å². The fourth-order valence-corrected chi connectivity index (χ4v) is 1.79. The van der Waals surface area contributed by atoms with Crippen LogP contribution in [0.5, 0.6) is 5.75 Å². The lowest BCUT2D eigenvalue weighted by atomic mass is 10.0. The first-order chi connectivity index (χ1) is 7.29. The molecule has 2 nitrogen and oxygen atoms in total. The van der Waals surface area contributed by atoms with Crippen molar-refractivity contribution < 1.29 is 9.84 Å². The van der Waals surface area contributed by atoms with Crippen LogP contribution in [0.3, 0.4) is 0 Å². The highest BCUT2D eigenvalue weighted by atomic mass is 16.5. The van der Waals surface area contributed by atoms with Crippen LogP contribution in [0, 0.1) is 5.92 Å². The van der Waals surface area contributed by atoms with Gasteiger partial charge in [0.2, 0.25) is 0 Å². The van der Waals surface area contributed by atoms with E-state index < -0.39 is 0 Å². The van der Waals surface area contributed by atoms with Crippen LogP contribution in [0.15, 0.2) is 24.3 Å². The van der Waals surface area contributed by atoms with Crippen LogP contribution in [0.25, 0.3) is 0 Å². The summed E-state index contributed by atoms with van der Waals surface area (Å²) in [5.41, 5.74) is 0.997. The zero-order valence-electron chi connectivity index (χ0n) is 9.15. The summed E-state index contributed by atoms with van der Waals surface area (Å²) in [5.74, 6) is 1.73. The van der Waals surface area contributed by atoms with Gasteiger partial charge in [0, 0.05) is 0 Å². The molecule has 1 aliphatic rings. The highest BCUT2D eigenvalue weighted by Gasteiger charge is 2.22. The second kappa shape index (κ2) is 4.67. The quantitative estimate of drug-likeness (QED) is 0.802. The van der Waals surface area contributed by atoms with Crippen molar-refractivity contribution in [3.8, 4) is 5.75 Å². The zero-order chi connectivity index (χ0) is 10.7. The van der Waals surface area contributed by atoms with Gasteiger partial charge in [-0.05, 0) is 36.5 Å². The maximum Gasteiger partial charge on any atom is 0.118 e. The fourth-order valence-electron chi connectivity index (χ4n) is 1.79. The van der Waals surface area contributed by atoms with Crippen molar-refractivity contribution >= 4 is 0 Å². The lowest BCUT2D eigenvalue weighted by Gasteiger charge is -2.10. The van der Waals surface area contributed by atoms with Crippen LogP contribution in [0.2, 0.25) is 0 Å². The first kappa shape index (κ1) is 10.5. The smallest absolute Gasteiger partial charge is 0.118 e. The highest BCUT2D eigenvalue weighted by molar-refractivity contribution is 5.28. The van der Waals surface area contributed by atoms with Gasteiger partial charge in [-0.3, -0.25) is 0 Å². The molecule has 1 aromatic rings. The molecule has 0 bridgehead atoms. The molecule has 0 spiro atoms. The third kappa shape index (κ3) is 2.96. The van der Waals surface area contributed by atoms with Crippen molar-refractivity contribution in [3.63, 3.8) is 0 Å². The SMILES string of the molecule is COc1ccc(C(O)CCC2CC2)cc1. The van der Waals surface area contributed by atoms with Crippen molar-refractivity contribution in [1.82, 2.24) is 0 Å². The molecule has 0 amide bonds. The predicted molar refractivity (Wildman–Crippen MR) is 59.9 cm³/mol. The molecule has 0 aromatic heterocycles. The topological polar surface area (TPSA) is 29.5 Å². The molecule has 1 fully saturated rings. The Morgan fingerprint density at radius 2 is 2.00 bits per heavy atom. The molecule has 15 heavy (non-hydrogen) atoms. The van der Waals surface area contributed by atoms with Crippen molar-refractivity contribution in [2.24, 2.45) is 5.92 Å². The Balaban J connectivity index is 1.88. The number of benzene rings is 1. The van der Waals surface area contributed by atoms with E-state index in [1.165, 1.54) is 12.8 Å². The fraction of sp³-hybridized carbons (Fsp3) is 0.538. The number of rotatable bonds is 5. The first-order valence-corrected chi connectivity index (χ1v) is 5.61. The summed E-state index contributed by atoms with van der Waals surface area (Å²) >= 11 is 0. The second-order valence-electron chi connectivity index (χ2n) is 4.31. The third-order valence-electron chi connectivity index (χ3n) is 3.05. The molecule has 1 aliphatic carbocycles. The van der Waals surface area contributed by atoms with Crippen LogP contribution in [-0.4, -0.2) is 12.2 Å². The van der Waals surface area contributed by atoms with Crippen molar-refractivity contribution in [1.29, 1.82) is 0 Å². The molecule has 0 heterocycles.